The van der Waals surface area contributed by atoms with E-state index in [-0.39, 0.29) is 36.3 Å². The van der Waals surface area contributed by atoms with Gasteiger partial charge in [-0.3, -0.25) is 0 Å². The molecule has 1 heterocycles. The molecule has 1 aromatic heterocycles. The molecule has 1 aromatic carbocycles. The largest absolute Gasteiger partial charge is 0.394 e. The molecule has 4 N–H and O–H groups in total. The molecule has 0 aliphatic heterocycles. The molecule has 1 aliphatic rings. The lowest BCUT2D eigenvalue weighted by Gasteiger charge is -2.27. The van der Waals surface area contributed by atoms with Gasteiger partial charge in [-0.05, 0) is 53.2 Å². The number of anilines is 3. The molecule has 2 aromatic rings. The zero-order chi connectivity index (χ0) is 23.4. The summed E-state index contributed by atoms with van der Waals surface area (Å²) in [6, 6.07) is 5.96. The normalized spacial score (nSPS) is 19.3. The summed E-state index contributed by atoms with van der Waals surface area (Å²) < 4.78 is 42.1. The fourth-order valence-electron chi connectivity index (χ4n) is 3.01. The first kappa shape index (κ1) is 24.3. The standard InChI is InChI=1S/C21H25BrFN5O3S/c1-14(12-29)26-19-18(22)11-24-20(28-19)27-16-5-7-17(8-6-16)32(30,31)25-13-21(2)9-3-4-15(23)10-21/h3-9,11,14,25,29H,10,12-13H2,1-2H3,(H2,24,26,27,28)/t14-,21+/m1/s1. The number of sulfonamides is 1. The van der Waals surface area contributed by atoms with Crippen molar-refractivity contribution in [2.75, 3.05) is 23.8 Å². The number of hydrogen-bond acceptors (Lipinski definition) is 7. The summed E-state index contributed by atoms with van der Waals surface area (Å²) in [5.74, 6) is 0.551. The highest BCUT2D eigenvalue weighted by Crippen LogP contribution is 2.31. The van der Waals surface area contributed by atoms with E-state index < -0.39 is 15.4 Å². The van der Waals surface area contributed by atoms with E-state index in [9.17, 15) is 17.9 Å². The van der Waals surface area contributed by atoms with Crippen molar-refractivity contribution in [1.29, 1.82) is 0 Å². The third-order valence-electron chi connectivity index (χ3n) is 4.84. The van der Waals surface area contributed by atoms with Crippen molar-refractivity contribution in [2.24, 2.45) is 5.41 Å². The minimum atomic E-state index is -3.76. The van der Waals surface area contributed by atoms with Crippen LogP contribution in [0.2, 0.25) is 0 Å². The second-order valence-electron chi connectivity index (χ2n) is 7.90. The van der Waals surface area contributed by atoms with E-state index in [0.717, 1.165) is 0 Å². The molecule has 0 saturated carbocycles. The number of nitrogens with one attached hydrogen (secondary N) is 3. The Hall–Kier alpha value is -2.34. The van der Waals surface area contributed by atoms with Crippen LogP contribution < -0.4 is 15.4 Å². The maximum absolute atomic E-state index is 13.6. The van der Waals surface area contributed by atoms with Crippen molar-refractivity contribution in [3.63, 3.8) is 0 Å². The summed E-state index contributed by atoms with van der Waals surface area (Å²) in [4.78, 5) is 8.64. The number of benzene rings is 1. The van der Waals surface area contributed by atoms with E-state index in [4.69, 9.17) is 0 Å². The number of rotatable bonds is 9. The summed E-state index contributed by atoms with van der Waals surface area (Å²) in [5.41, 5.74) is -0.0206. The van der Waals surface area contributed by atoms with Crippen molar-refractivity contribution < 1.29 is 17.9 Å². The highest BCUT2D eigenvalue weighted by atomic mass is 79.9. The van der Waals surface area contributed by atoms with Crippen LogP contribution in [-0.4, -0.2) is 42.7 Å². The highest BCUT2D eigenvalue weighted by Gasteiger charge is 2.27. The van der Waals surface area contributed by atoms with Crippen LogP contribution in [0, 0.1) is 5.41 Å². The van der Waals surface area contributed by atoms with E-state index in [1.807, 2.05) is 6.92 Å². The van der Waals surface area contributed by atoms with Crippen LogP contribution in [0.3, 0.4) is 0 Å². The second-order valence-corrected chi connectivity index (χ2v) is 10.5. The Kier molecular flexibility index (Phi) is 7.65. The molecule has 1 aliphatic carbocycles. The van der Waals surface area contributed by atoms with Crippen LogP contribution in [0.4, 0.5) is 21.8 Å². The summed E-state index contributed by atoms with van der Waals surface area (Å²) in [7, 11) is -3.76. The third-order valence-corrected chi connectivity index (χ3v) is 6.83. The summed E-state index contributed by atoms with van der Waals surface area (Å²) in [5, 5.41) is 15.3. The van der Waals surface area contributed by atoms with Gasteiger partial charge in [0.05, 0.1) is 16.0 Å². The Labute approximate surface area is 195 Å². The minimum Gasteiger partial charge on any atom is -0.394 e. The zero-order valence-electron chi connectivity index (χ0n) is 17.6. The number of aliphatic hydroxyl groups excluding tert-OH is 1. The summed E-state index contributed by atoms with van der Waals surface area (Å²) in [6.07, 6.45) is 6.50. The van der Waals surface area contributed by atoms with E-state index >= 15 is 0 Å². The summed E-state index contributed by atoms with van der Waals surface area (Å²) in [6.45, 7) is 3.65. The van der Waals surface area contributed by atoms with Crippen LogP contribution in [0.1, 0.15) is 20.3 Å². The lowest BCUT2D eigenvalue weighted by Crippen LogP contribution is -2.35. The van der Waals surface area contributed by atoms with Gasteiger partial charge in [0.25, 0.3) is 0 Å². The lowest BCUT2D eigenvalue weighted by molar-refractivity contribution is 0.281. The molecule has 0 spiro atoms. The first-order valence-electron chi connectivity index (χ1n) is 9.91. The van der Waals surface area contributed by atoms with Gasteiger partial charge in [-0.2, -0.15) is 4.98 Å². The Morgan fingerprint density at radius 1 is 1.31 bits per heavy atom. The molecular weight excluding hydrogens is 501 g/mol. The highest BCUT2D eigenvalue weighted by molar-refractivity contribution is 9.10. The number of halogens is 2. The van der Waals surface area contributed by atoms with Crippen LogP contribution in [0.15, 0.2) is 63.9 Å². The molecule has 3 rings (SSSR count). The van der Waals surface area contributed by atoms with Gasteiger partial charge in [0, 0.05) is 36.3 Å². The van der Waals surface area contributed by atoms with Gasteiger partial charge in [-0.1, -0.05) is 19.1 Å². The molecule has 0 bridgehead atoms. The SMILES string of the molecule is C[C@H](CO)Nc1nc(Nc2ccc(S(=O)(=O)NC[C@@]3(C)C=CC=C(F)C3)cc2)ncc1Br. The van der Waals surface area contributed by atoms with E-state index in [1.54, 1.807) is 37.4 Å². The Balaban J connectivity index is 1.66. The van der Waals surface area contributed by atoms with Crippen molar-refractivity contribution in [2.45, 2.75) is 31.2 Å². The molecule has 11 heteroatoms. The van der Waals surface area contributed by atoms with Gasteiger partial charge in [0.1, 0.15) is 11.6 Å². The van der Waals surface area contributed by atoms with Crippen LogP contribution in [-0.2, 0) is 10.0 Å². The molecular formula is C21H25BrFN5O3S. The Bertz CT molecular complexity index is 1120. The number of hydrogen-bond donors (Lipinski definition) is 4. The Morgan fingerprint density at radius 2 is 2.03 bits per heavy atom. The predicted octanol–water partition coefficient (Wildman–Crippen LogP) is 3.87. The van der Waals surface area contributed by atoms with Crippen molar-refractivity contribution in [3.05, 3.63) is 59.0 Å². The average molecular weight is 526 g/mol. The zero-order valence-corrected chi connectivity index (χ0v) is 20.0. The molecule has 8 nitrogen and oxygen atoms in total. The second kappa shape index (κ2) is 10.1. The molecule has 0 amide bonds. The third kappa shape index (κ3) is 6.35. The smallest absolute Gasteiger partial charge is 0.240 e. The van der Waals surface area contributed by atoms with Gasteiger partial charge in [-0.25, -0.2) is 22.5 Å². The fourth-order valence-corrected chi connectivity index (χ4v) is 4.49. The van der Waals surface area contributed by atoms with Crippen LogP contribution in [0.25, 0.3) is 0 Å². The number of aliphatic hydroxyl groups is 1. The molecule has 0 unspecified atom stereocenters. The quantitative estimate of drug-likeness (QED) is 0.392. The van der Waals surface area contributed by atoms with Gasteiger partial charge >= 0.3 is 0 Å². The maximum atomic E-state index is 13.6. The number of aromatic nitrogens is 2. The topological polar surface area (TPSA) is 116 Å². The first-order chi connectivity index (χ1) is 15.1. The minimum absolute atomic E-state index is 0.0513. The van der Waals surface area contributed by atoms with Crippen molar-refractivity contribution >= 4 is 43.4 Å². The van der Waals surface area contributed by atoms with Crippen molar-refractivity contribution in [1.82, 2.24) is 14.7 Å². The van der Waals surface area contributed by atoms with Gasteiger partial charge in [0.15, 0.2) is 0 Å². The number of nitrogens with zero attached hydrogens (tertiary/aromatic N) is 2. The van der Waals surface area contributed by atoms with Crippen LogP contribution >= 0.6 is 15.9 Å². The van der Waals surface area contributed by atoms with Crippen LogP contribution in [0.5, 0.6) is 0 Å². The lowest BCUT2D eigenvalue weighted by atomic mass is 9.83. The van der Waals surface area contributed by atoms with E-state index in [2.05, 4.69) is 41.3 Å². The monoisotopic (exact) mass is 525 g/mol. The van der Waals surface area contributed by atoms with E-state index in [1.165, 1.54) is 18.2 Å². The van der Waals surface area contributed by atoms with E-state index in [0.29, 0.717) is 21.9 Å². The fraction of sp³-hybridized carbons (Fsp3) is 0.333. The Morgan fingerprint density at radius 3 is 2.69 bits per heavy atom. The predicted molar refractivity (Wildman–Crippen MR) is 126 cm³/mol. The average Bonchev–Trinajstić information content (AvgIpc) is 2.75. The molecule has 0 fully saturated rings. The molecule has 172 valence electrons. The summed E-state index contributed by atoms with van der Waals surface area (Å²) >= 11 is 3.36. The maximum Gasteiger partial charge on any atom is 0.240 e. The number of allylic oxidation sites excluding steroid dienone is 3. The molecule has 0 radical (unpaired) electrons. The van der Waals surface area contributed by atoms with Crippen molar-refractivity contribution in [3.8, 4) is 0 Å². The molecule has 0 saturated heterocycles. The molecule has 32 heavy (non-hydrogen) atoms. The van der Waals surface area contributed by atoms with Gasteiger partial charge in [-0.15, -0.1) is 0 Å². The first-order valence-corrected chi connectivity index (χ1v) is 12.2. The van der Waals surface area contributed by atoms with Gasteiger partial charge in [0.2, 0.25) is 16.0 Å². The van der Waals surface area contributed by atoms with Gasteiger partial charge < -0.3 is 15.7 Å². The molecule has 2 atom stereocenters.